The van der Waals surface area contributed by atoms with Crippen LogP contribution in [0.15, 0.2) is 4.99 Å². The van der Waals surface area contributed by atoms with Crippen LogP contribution >= 0.6 is 0 Å². The highest BCUT2D eigenvalue weighted by molar-refractivity contribution is 5.84. The number of nitrogens with one attached hydrogen (secondary N) is 2. The Kier molecular flexibility index (Phi) is 4.37. The third-order valence-electron chi connectivity index (χ3n) is 2.48. The van der Waals surface area contributed by atoms with Crippen LogP contribution < -0.4 is 10.6 Å². The summed E-state index contributed by atoms with van der Waals surface area (Å²) >= 11 is 0. The smallest absolute Gasteiger partial charge is 0.325 e. The van der Waals surface area contributed by atoms with E-state index < -0.39 is 5.60 Å². The maximum atomic E-state index is 11.5. The summed E-state index contributed by atoms with van der Waals surface area (Å²) in [6.07, 6.45) is 1.16. The van der Waals surface area contributed by atoms with Gasteiger partial charge in [-0.3, -0.25) is 9.79 Å². The Morgan fingerprint density at radius 1 is 1.47 bits per heavy atom. The molecule has 0 aromatic rings. The molecule has 5 heteroatoms. The van der Waals surface area contributed by atoms with E-state index in [-0.39, 0.29) is 12.5 Å². The van der Waals surface area contributed by atoms with E-state index >= 15 is 0 Å². The summed E-state index contributed by atoms with van der Waals surface area (Å²) in [7, 11) is 1.69. The second-order valence-electron chi connectivity index (χ2n) is 5.48. The Hall–Kier alpha value is -1.26. The van der Waals surface area contributed by atoms with Gasteiger partial charge in [0.2, 0.25) is 0 Å². The summed E-state index contributed by atoms with van der Waals surface area (Å²) in [5.74, 6) is 1.07. The topological polar surface area (TPSA) is 62.7 Å². The third kappa shape index (κ3) is 5.56. The zero-order valence-electron chi connectivity index (χ0n) is 11.3. The normalized spacial score (nSPS) is 24.2. The van der Waals surface area contributed by atoms with Crippen molar-refractivity contribution in [3.63, 3.8) is 0 Å². The van der Waals surface area contributed by atoms with Crippen molar-refractivity contribution in [1.29, 1.82) is 0 Å². The Morgan fingerprint density at radius 3 is 2.47 bits per heavy atom. The van der Waals surface area contributed by atoms with Crippen LogP contribution in [0.2, 0.25) is 0 Å². The highest BCUT2D eigenvalue weighted by Gasteiger charge is 2.33. The first-order chi connectivity index (χ1) is 7.81. The van der Waals surface area contributed by atoms with Gasteiger partial charge in [-0.15, -0.1) is 0 Å². The van der Waals surface area contributed by atoms with Crippen molar-refractivity contribution in [2.24, 2.45) is 10.9 Å². The molecule has 1 aliphatic carbocycles. The average molecular weight is 241 g/mol. The molecule has 1 rings (SSSR count). The van der Waals surface area contributed by atoms with Crippen molar-refractivity contribution in [1.82, 2.24) is 10.6 Å². The van der Waals surface area contributed by atoms with Gasteiger partial charge in [0, 0.05) is 13.1 Å². The fourth-order valence-corrected chi connectivity index (χ4v) is 1.43. The van der Waals surface area contributed by atoms with Gasteiger partial charge in [0.05, 0.1) is 0 Å². The zero-order valence-corrected chi connectivity index (χ0v) is 11.3. The second-order valence-corrected chi connectivity index (χ2v) is 5.48. The Labute approximate surface area is 103 Å². The third-order valence-corrected chi connectivity index (χ3v) is 2.48. The number of rotatable bonds is 3. The molecule has 0 amide bonds. The summed E-state index contributed by atoms with van der Waals surface area (Å²) < 4.78 is 5.19. The summed E-state index contributed by atoms with van der Waals surface area (Å²) in [4.78, 5) is 15.5. The van der Waals surface area contributed by atoms with Crippen molar-refractivity contribution in [3.05, 3.63) is 0 Å². The Balaban J connectivity index is 2.26. The number of aliphatic imine (C=N–C) groups is 1. The molecule has 0 saturated heterocycles. The minimum Gasteiger partial charge on any atom is -0.459 e. The average Bonchev–Trinajstić information content (AvgIpc) is 2.86. The lowest BCUT2D eigenvalue weighted by Crippen LogP contribution is -2.42. The van der Waals surface area contributed by atoms with Crippen LogP contribution in [-0.4, -0.2) is 37.2 Å². The monoisotopic (exact) mass is 241 g/mol. The predicted octanol–water partition coefficient (Wildman–Crippen LogP) is 0.901. The van der Waals surface area contributed by atoms with Gasteiger partial charge < -0.3 is 15.4 Å². The van der Waals surface area contributed by atoms with Crippen molar-refractivity contribution in [2.75, 3.05) is 13.6 Å². The van der Waals surface area contributed by atoms with E-state index in [1.807, 2.05) is 20.8 Å². The number of ether oxygens (including phenoxy) is 1. The van der Waals surface area contributed by atoms with E-state index in [1.54, 1.807) is 7.05 Å². The summed E-state index contributed by atoms with van der Waals surface area (Å²) in [6.45, 7) is 7.87. The first-order valence-corrected chi connectivity index (χ1v) is 6.01. The van der Waals surface area contributed by atoms with Gasteiger partial charge in [-0.25, -0.2) is 0 Å². The SMILES string of the molecule is CN=C(NCC(=O)OC(C)(C)C)NC1CC1C. The number of carbonyl (C=O) groups excluding carboxylic acids is 1. The lowest BCUT2D eigenvalue weighted by molar-refractivity contribution is -0.153. The largest absolute Gasteiger partial charge is 0.459 e. The lowest BCUT2D eigenvalue weighted by atomic mass is 10.2. The standard InChI is InChI=1S/C12H23N3O2/c1-8-6-9(8)15-11(13-5)14-7-10(16)17-12(2,3)4/h8-9H,6-7H2,1-5H3,(H2,13,14,15). The van der Waals surface area contributed by atoms with Gasteiger partial charge in [0.1, 0.15) is 12.1 Å². The number of hydrogen-bond acceptors (Lipinski definition) is 3. The van der Waals surface area contributed by atoms with Gasteiger partial charge in [0.15, 0.2) is 5.96 Å². The molecule has 0 spiro atoms. The van der Waals surface area contributed by atoms with Crippen LogP contribution in [0.25, 0.3) is 0 Å². The molecule has 98 valence electrons. The van der Waals surface area contributed by atoms with Gasteiger partial charge in [-0.05, 0) is 33.1 Å². The highest BCUT2D eigenvalue weighted by atomic mass is 16.6. The van der Waals surface area contributed by atoms with Crippen LogP contribution in [0.3, 0.4) is 0 Å². The first-order valence-electron chi connectivity index (χ1n) is 6.01. The van der Waals surface area contributed by atoms with Crippen LogP contribution in [0.1, 0.15) is 34.1 Å². The molecule has 17 heavy (non-hydrogen) atoms. The van der Waals surface area contributed by atoms with E-state index in [9.17, 15) is 4.79 Å². The molecule has 0 aliphatic heterocycles. The second kappa shape index (κ2) is 5.38. The van der Waals surface area contributed by atoms with Gasteiger partial charge >= 0.3 is 5.97 Å². The van der Waals surface area contributed by atoms with Crippen molar-refractivity contribution in [2.45, 2.75) is 45.8 Å². The number of carbonyl (C=O) groups is 1. The van der Waals surface area contributed by atoms with E-state index in [1.165, 1.54) is 0 Å². The quantitative estimate of drug-likeness (QED) is 0.438. The van der Waals surface area contributed by atoms with E-state index in [2.05, 4.69) is 22.5 Å². The maximum Gasteiger partial charge on any atom is 0.325 e. The predicted molar refractivity (Wildman–Crippen MR) is 67.9 cm³/mol. The molecule has 0 bridgehead atoms. The van der Waals surface area contributed by atoms with Crippen LogP contribution in [0, 0.1) is 5.92 Å². The molecule has 0 heterocycles. The molecule has 0 aromatic carbocycles. The zero-order chi connectivity index (χ0) is 13.1. The van der Waals surface area contributed by atoms with E-state index in [0.29, 0.717) is 17.9 Å². The van der Waals surface area contributed by atoms with Crippen molar-refractivity contribution in [3.8, 4) is 0 Å². The number of guanidine groups is 1. The molecule has 1 fully saturated rings. The molecule has 2 N–H and O–H groups in total. The first kappa shape index (κ1) is 13.8. The van der Waals surface area contributed by atoms with Crippen LogP contribution in [0.5, 0.6) is 0 Å². The number of esters is 1. The van der Waals surface area contributed by atoms with E-state index in [0.717, 1.165) is 6.42 Å². The molecular weight excluding hydrogens is 218 g/mol. The Morgan fingerprint density at radius 2 is 2.06 bits per heavy atom. The van der Waals surface area contributed by atoms with E-state index in [4.69, 9.17) is 4.74 Å². The number of hydrogen-bond donors (Lipinski definition) is 2. The minimum atomic E-state index is -0.444. The lowest BCUT2D eigenvalue weighted by Gasteiger charge is -2.20. The molecular formula is C12H23N3O2. The van der Waals surface area contributed by atoms with Gasteiger partial charge in [-0.2, -0.15) is 0 Å². The molecule has 1 aliphatic rings. The summed E-state index contributed by atoms with van der Waals surface area (Å²) in [5.41, 5.74) is -0.444. The molecule has 1 saturated carbocycles. The molecule has 2 atom stereocenters. The highest BCUT2D eigenvalue weighted by Crippen LogP contribution is 2.28. The minimum absolute atomic E-state index is 0.137. The van der Waals surface area contributed by atoms with Gasteiger partial charge in [-0.1, -0.05) is 6.92 Å². The van der Waals surface area contributed by atoms with Crippen molar-refractivity contribution < 1.29 is 9.53 Å². The maximum absolute atomic E-state index is 11.5. The molecule has 0 radical (unpaired) electrons. The fraction of sp³-hybridized carbons (Fsp3) is 0.833. The number of nitrogens with zero attached hydrogens (tertiary/aromatic N) is 1. The fourth-order valence-electron chi connectivity index (χ4n) is 1.43. The van der Waals surface area contributed by atoms with Gasteiger partial charge in [0.25, 0.3) is 0 Å². The summed E-state index contributed by atoms with van der Waals surface area (Å²) in [5, 5.41) is 6.19. The summed E-state index contributed by atoms with van der Waals surface area (Å²) in [6, 6.07) is 0.486. The molecule has 2 unspecified atom stereocenters. The molecule has 0 aromatic heterocycles. The molecule has 5 nitrogen and oxygen atoms in total. The van der Waals surface area contributed by atoms with Crippen LogP contribution in [0.4, 0.5) is 0 Å². The Bertz CT molecular complexity index is 307. The van der Waals surface area contributed by atoms with Crippen LogP contribution in [-0.2, 0) is 9.53 Å². The van der Waals surface area contributed by atoms with Crippen molar-refractivity contribution >= 4 is 11.9 Å².